The van der Waals surface area contributed by atoms with E-state index in [0.717, 1.165) is 4.90 Å². The molecule has 0 aliphatic carbocycles. The molecule has 6 heteroatoms. The molecule has 0 atom stereocenters. The third-order valence-corrected chi connectivity index (χ3v) is 2.04. The first kappa shape index (κ1) is 13.4. The van der Waals surface area contributed by atoms with Gasteiger partial charge in [-0.3, -0.25) is 24.7 Å². The van der Waals surface area contributed by atoms with E-state index in [1.807, 2.05) is 20.8 Å². The second-order valence-electron chi connectivity index (χ2n) is 4.83. The number of hydrazine groups is 1. The van der Waals surface area contributed by atoms with Gasteiger partial charge in [-0.1, -0.05) is 0 Å². The zero-order valence-corrected chi connectivity index (χ0v) is 10.2. The van der Waals surface area contributed by atoms with E-state index in [0.29, 0.717) is 0 Å². The van der Waals surface area contributed by atoms with Gasteiger partial charge in [0.05, 0.1) is 0 Å². The van der Waals surface area contributed by atoms with Crippen molar-refractivity contribution < 1.29 is 14.4 Å². The molecule has 0 radical (unpaired) electrons. The maximum Gasteiger partial charge on any atom is 0.253 e. The first-order chi connectivity index (χ1) is 7.79. The third kappa shape index (κ3) is 4.36. The second-order valence-corrected chi connectivity index (χ2v) is 4.83. The molecule has 1 rings (SSSR count). The average Bonchev–Trinajstić information content (AvgIpc) is 2.52. The van der Waals surface area contributed by atoms with Gasteiger partial charge in [0, 0.05) is 30.7 Å². The molecule has 0 aromatic carbocycles. The minimum atomic E-state index is -0.369. The smallest absolute Gasteiger partial charge is 0.253 e. The lowest BCUT2D eigenvalue weighted by Gasteiger charge is -2.21. The van der Waals surface area contributed by atoms with Crippen LogP contribution in [0.3, 0.4) is 0 Å². The van der Waals surface area contributed by atoms with Gasteiger partial charge in [-0.05, 0) is 20.8 Å². The highest BCUT2D eigenvalue weighted by atomic mass is 16.2. The molecule has 0 bridgehead atoms. The van der Waals surface area contributed by atoms with Gasteiger partial charge >= 0.3 is 0 Å². The summed E-state index contributed by atoms with van der Waals surface area (Å²) in [5.41, 5.74) is 5.11. The van der Waals surface area contributed by atoms with E-state index < -0.39 is 0 Å². The third-order valence-electron chi connectivity index (χ3n) is 2.04. The first-order valence-electron chi connectivity index (χ1n) is 5.39. The summed E-state index contributed by atoms with van der Waals surface area (Å²) >= 11 is 0. The monoisotopic (exact) mass is 239 g/mol. The van der Waals surface area contributed by atoms with Crippen LogP contribution in [0.15, 0.2) is 12.2 Å². The van der Waals surface area contributed by atoms with E-state index >= 15 is 0 Å². The lowest BCUT2D eigenvalue weighted by Crippen LogP contribution is -2.49. The molecule has 1 heterocycles. The summed E-state index contributed by atoms with van der Waals surface area (Å²) in [5, 5.41) is 0. The van der Waals surface area contributed by atoms with Crippen molar-refractivity contribution in [2.24, 2.45) is 0 Å². The SMILES string of the molecule is CC(C)(C)NNC(=O)CCN1C(=O)C=CC1=O. The fourth-order valence-electron chi connectivity index (χ4n) is 1.18. The highest BCUT2D eigenvalue weighted by Gasteiger charge is 2.23. The molecule has 94 valence electrons. The molecule has 1 aliphatic heterocycles. The van der Waals surface area contributed by atoms with Crippen LogP contribution in [0.25, 0.3) is 0 Å². The Bertz CT molecular complexity index is 351. The van der Waals surface area contributed by atoms with Crippen LogP contribution in [0.4, 0.5) is 0 Å². The van der Waals surface area contributed by atoms with Gasteiger partial charge in [0.1, 0.15) is 0 Å². The van der Waals surface area contributed by atoms with Crippen LogP contribution < -0.4 is 10.9 Å². The largest absolute Gasteiger partial charge is 0.291 e. The zero-order valence-electron chi connectivity index (χ0n) is 10.2. The molecule has 17 heavy (non-hydrogen) atoms. The van der Waals surface area contributed by atoms with Crippen LogP contribution in [0.2, 0.25) is 0 Å². The number of imide groups is 1. The number of nitrogens with zero attached hydrogens (tertiary/aromatic N) is 1. The van der Waals surface area contributed by atoms with Crippen LogP contribution >= 0.6 is 0 Å². The lowest BCUT2D eigenvalue weighted by atomic mass is 10.1. The van der Waals surface area contributed by atoms with Crippen molar-refractivity contribution in [1.29, 1.82) is 0 Å². The highest BCUT2D eigenvalue weighted by Crippen LogP contribution is 2.04. The fraction of sp³-hybridized carbons (Fsp3) is 0.545. The highest BCUT2D eigenvalue weighted by molar-refractivity contribution is 6.13. The molecule has 0 aromatic rings. The Morgan fingerprint density at radius 1 is 1.24 bits per heavy atom. The minimum Gasteiger partial charge on any atom is -0.291 e. The number of amides is 3. The van der Waals surface area contributed by atoms with Gasteiger partial charge < -0.3 is 0 Å². The second kappa shape index (κ2) is 5.09. The van der Waals surface area contributed by atoms with E-state index in [4.69, 9.17) is 0 Å². The molecule has 3 amide bonds. The number of carbonyl (C=O) groups excluding carboxylic acids is 3. The Hall–Kier alpha value is -1.69. The quantitative estimate of drug-likeness (QED) is 0.522. The van der Waals surface area contributed by atoms with Crippen molar-refractivity contribution in [3.63, 3.8) is 0 Å². The minimum absolute atomic E-state index is 0.0856. The van der Waals surface area contributed by atoms with Crippen molar-refractivity contribution in [3.8, 4) is 0 Å². The van der Waals surface area contributed by atoms with Crippen molar-refractivity contribution in [2.75, 3.05) is 6.54 Å². The van der Waals surface area contributed by atoms with Gasteiger partial charge in [-0.15, -0.1) is 0 Å². The van der Waals surface area contributed by atoms with Crippen LogP contribution in [-0.4, -0.2) is 34.7 Å². The van der Waals surface area contributed by atoms with Crippen LogP contribution in [0.5, 0.6) is 0 Å². The standard InChI is InChI=1S/C11H17N3O3/c1-11(2,3)13-12-8(15)6-7-14-9(16)4-5-10(14)17/h4-5,13H,6-7H2,1-3H3,(H,12,15). The average molecular weight is 239 g/mol. The maximum atomic E-state index is 11.4. The number of carbonyl (C=O) groups is 3. The van der Waals surface area contributed by atoms with Crippen molar-refractivity contribution in [3.05, 3.63) is 12.2 Å². The molecule has 0 saturated heterocycles. The van der Waals surface area contributed by atoms with Gasteiger partial charge in [-0.2, -0.15) is 0 Å². The van der Waals surface area contributed by atoms with Crippen LogP contribution in [0.1, 0.15) is 27.2 Å². The maximum absolute atomic E-state index is 11.4. The number of hydrogen-bond acceptors (Lipinski definition) is 4. The van der Waals surface area contributed by atoms with E-state index in [1.54, 1.807) is 0 Å². The van der Waals surface area contributed by atoms with Crippen molar-refractivity contribution >= 4 is 17.7 Å². The Morgan fingerprint density at radius 2 is 1.76 bits per heavy atom. The Kier molecular flexibility index (Phi) is 4.01. The van der Waals surface area contributed by atoms with Crippen molar-refractivity contribution in [2.45, 2.75) is 32.7 Å². The van der Waals surface area contributed by atoms with E-state index in [9.17, 15) is 14.4 Å². The number of hydrogen-bond donors (Lipinski definition) is 2. The lowest BCUT2D eigenvalue weighted by molar-refractivity contribution is -0.137. The van der Waals surface area contributed by atoms with Crippen LogP contribution in [-0.2, 0) is 14.4 Å². The molecular formula is C11H17N3O3. The molecule has 0 unspecified atom stereocenters. The zero-order chi connectivity index (χ0) is 13.1. The van der Waals surface area contributed by atoms with E-state index in [1.165, 1.54) is 12.2 Å². The van der Waals surface area contributed by atoms with Gasteiger partial charge in [0.15, 0.2) is 0 Å². The molecule has 2 N–H and O–H groups in total. The Morgan fingerprint density at radius 3 is 2.24 bits per heavy atom. The van der Waals surface area contributed by atoms with Gasteiger partial charge in [-0.25, -0.2) is 5.43 Å². The summed E-state index contributed by atoms with van der Waals surface area (Å²) in [6, 6.07) is 0. The normalized spacial score (nSPS) is 15.6. The number of nitrogens with one attached hydrogen (secondary N) is 2. The molecule has 0 spiro atoms. The fourth-order valence-corrected chi connectivity index (χ4v) is 1.18. The Balaban J connectivity index is 2.29. The summed E-state index contributed by atoms with van der Waals surface area (Å²) in [6.07, 6.45) is 2.49. The Labute approximate surface area is 100 Å². The predicted octanol–water partition coefficient (Wildman–Crippen LogP) is -0.279. The molecule has 0 saturated carbocycles. The van der Waals surface area contributed by atoms with Crippen molar-refractivity contribution in [1.82, 2.24) is 15.8 Å². The summed E-state index contributed by atoms with van der Waals surface area (Å²) in [6.45, 7) is 5.82. The summed E-state index contributed by atoms with van der Waals surface area (Å²) in [5.74, 6) is -0.995. The first-order valence-corrected chi connectivity index (χ1v) is 5.39. The summed E-state index contributed by atoms with van der Waals surface area (Å²) < 4.78 is 0. The predicted molar refractivity (Wildman–Crippen MR) is 61.5 cm³/mol. The summed E-state index contributed by atoms with van der Waals surface area (Å²) in [4.78, 5) is 34.8. The summed E-state index contributed by atoms with van der Waals surface area (Å²) in [7, 11) is 0. The van der Waals surface area contributed by atoms with Gasteiger partial charge in [0.2, 0.25) is 5.91 Å². The van der Waals surface area contributed by atoms with E-state index in [2.05, 4.69) is 10.9 Å². The molecular weight excluding hydrogens is 222 g/mol. The molecule has 1 aliphatic rings. The molecule has 0 fully saturated rings. The molecule has 0 aromatic heterocycles. The number of rotatable bonds is 4. The molecule has 6 nitrogen and oxygen atoms in total. The van der Waals surface area contributed by atoms with Crippen LogP contribution in [0, 0.1) is 0 Å². The topological polar surface area (TPSA) is 78.5 Å². The van der Waals surface area contributed by atoms with Gasteiger partial charge in [0.25, 0.3) is 11.8 Å². The van der Waals surface area contributed by atoms with E-state index in [-0.39, 0.29) is 36.2 Å².